The maximum atomic E-state index is 12.2. The first-order valence-corrected chi connectivity index (χ1v) is 10.1. The molecule has 0 aromatic carbocycles. The van der Waals surface area contributed by atoms with E-state index in [9.17, 15) is 4.79 Å². The SMILES string of the molecule is O=c1ccc(-c2ccncc2)nn1CC1CN(c2nc(C3CCC3)ns2)C1. The number of hydrogen-bond acceptors (Lipinski definition) is 7. The highest BCUT2D eigenvalue weighted by molar-refractivity contribution is 7.09. The predicted octanol–water partition coefficient (Wildman–Crippen LogP) is 2.56. The molecule has 1 aliphatic carbocycles. The zero-order valence-electron chi connectivity index (χ0n) is 14.9. The Morgan fingerprint density at radius 1 is 1.11 bits per heavy atom. The van der Waals surface area contributed by atoms with E-state index >= 15 is 0 Å². The van der Waals surface area contributed by atoms with E-state index in [0.29, 0.717) is 18.4 Å². The van der Waals surface area contributed by atoms with Crippen LogP contribution in [0.4, 0.5) is 5.13 Å². The van der Waals surface area contributed by atoms with Crippen LogP contribution in [0.15, 0.2) is 41.5 Å². The molecule has 3 aromatic heterocycles. The lowest BCUT2D eigenvalue weighted by Gasteiger charge is -2.38. The maximum absolute atomic E-state index is 12.2. The van der Waals surface area contributed by atoms with Gasteiger partial charge in [-0.3, -0.25) is 9.78 Å². The van der Waals surface area contributed by atoms with Crippen molar-refractivity contribution >= 4 is 16.7 Å². The van der Waals surface area contributed by atoms with Crippen LogP contribution in [0.1, 0.15) is 31.0 Å². The number of nitrogens with zero attached hydrogens (tertiary/aromatic N) is 6. The molecule has 2 fully saturated rings. The summed E-state index contributed by atoms with van der Waals surface area (Å²) in [7, 11) is 0. The number of aromatic nitrogens is 5. The molecule has 0 amide bonds. The lowest BCUT2D eigenvalue weighted by Crippen LogP contribution is -2.49. The molecular formula is C19H20N6OS. The Bertz CT molecular complexity index is 991. The third kappa shape index (κ3) is 3.25. The quantitative estimate of drug-likeness (QED) is 0.677. The summed E-state index contributed by atoms with van der Waals surface area (Å²) in [6, 6.07) is 7.16. The van der Waals surface area contributed by atoms with Crippen molar-refractivity contribution in [1.29, 1.82) is 0 Å². The van der Waals surface area contributed by atoms with E-state index in [1.165, 1.54) is 30.8 Å². The van der Waals surface area contributed by atoms with Crippen LogP contribution in [0, 0.1) is 5.92 Å². The highest BCUT2D eigenvalue weighted by Gasteiger charge is 2.31. The summed E-state index contributed by atoms with van der Waals surface area (Å²) >= 11 is 1.50. The van der Waals surface area contributed by atoms with E-state index in [0.717, 1.165) is 35.3 Å². The van der Waals surface area contributed by atoms with Gasteiger partial charge in [-0.1, -0.05) is 6.42 Å². The summed E-state index contributed by atoms with van der Waals surface area (Å²) in [4.78, 5) is 23.2. The summed E-state index contributed by atoms with van der Waals surface area (Å²) in [6.45, 7) is 2.42. The van der Waals surface area contributed by atoms with Crippen molar-refractivity contribution in [1.82, 2.24) is 24.1 Å². The lowest BCUT2D eigenvalue weighted by atomic mass is 9.85. The van der Waals surface area contributed by atoms with Crippen LogP contribution in [-0.4, -0.2) is 37.2 Å². The van der Waals surface area contributed by atoms with Crippen LogP contribution in [0.3, 0.4) is 0 Å². The molecule has 0 unspecified atom stereocenters. The highest BCUT2D eigenvalue weighted by atomic mass is 32.1. The molecule has 1 saturated carbocycles. The molecule has 0 atom stereocenters. The molecule has 1 saturated heterocycles. The summed E-state index contributed by atoms with van der Waals surface area (Å²) in [5, 5.41) is 5.55. The molecule has 0 spiro atoms. The Labute approximate surface area is 160 Å². The van der Waals surface area contributed by atoms with Crippen molar-refractivity contribution in [3.8, 4) is 11.3 Å². The second-order valence-corrected chi connectivity index (χ2v) is 8.04. The molecule has 1 aliphatic heterocycles. The van der Waals surface area contributed by atoms with E-state index in [1.807, 2.05) is 12.1 Å². The topological polar surface area (TPSA) is 76.8 Å². The minimum absolute atomic E-state index is 0.0607. The monoisotopic (exact) mass is 380 g/mol. The van der Waals surface area contributed by atoms with Gasteiger partial charge in [0.1, 0.15) is 5.82 Å². The smallest absolute Gasteiger partial charge is 0.266 e. The van der Waals surface area contributed by atoms with E-state index in [-0.39, 0.29) is 5.56 Å². The van der Waals surface area contributed by atoms with Crippen molar-refractivity contribution < 1.29 is 0 Å². The van der Waals surface area contributed by atoms with Gasteiger partial charge in [-0.2, -0.15) is 9.47 Å². The van der Waals surface area contributed by atoms with Gasteiger partial charge in [0.05, 0.1) is 12.2 Å². The van der Waals surface area contributed by atoms with Gasteiger partial charge >= 0.3 is 0 Å². The largest absolute Gasteiger partial charge is 0.346 e. The van der Waals surface area contributed by atoms with Crippen LogP contribution in [-0.2, 0) is 6.54 Å². The molecule has 7 nitrogen and oxygen atoms in total. The van der Waals surface area contributed by atoms with E-state index in [4.69, 9.17) is 4.98 Å². The summed E-state index contributed by atoms with van der Waals surface area (Å²) in [5.74, 6) is 2.00. The van der Waals surface area contributed by atoms with E-state index in [2.05, 4.69) is 19.4 Å². The fraction of sp³-hybridized carbons (Fsp3) is 0.421. The van der Waals surface area contributed by atoms with E-state index < -0.39 is 0 Å². The second-order valence-electron chi connectivity index (χ2n) is 7.31. The fourth-order valence-electron chi connectivity index (χ4n) is 3.53. The molecule has 0 radical (unpaired) electrons. The third-order valence-corrected chi connectivity index (χ3v) is 6.19. The number of rotatable bonds is 5. The van der Waals surface area contributed by atoms with Crippen LogP contribution >= 0.6 is 11.5 Å². The Hall–Kier alpha value is -2.61. The molecule has 138 valence electrons. The van der Waals surface area contributed by atoms with Gasteiger partial charge in [0, 0.05) is 60.5 Å². The highest BCUT2D eigenvalue weighted by Crippen LogP contribution is 2.37. The average Bonchev–Trinajstić information content (AvgIpc) is 3.07. The van der Waals surface area contributed by atoms with Crippen molar-refractivity contribution in [2.75, 3.05) is 18.0 Å². The molecule has 3 aromatic rings. The third-order valence-electron chi connectivity index (χ3n) is 5.40. The number of pyridine rings is 1. The standard InChI is InChI=1S/C19H20N6OS/c26-17-5-4-16(14-6-8-20-9-7-14)22-25(17)12-13-10-24(11-13)19-21-18(23-27-19)15-2-1-3-15/h4-9,13,15H,1-3,10-12H2. The van der Waals surface area contributed by atoms with Crippen molar-refractivity contribution in [3.05, 3.63) is 52.8 Å². The van der Waals surface area contributed by atoms with Crippen molar-refractivity contribution in [2.45, 2.75) is 31.7 Å². The first-order valence-electron chi connectivity index (χ1n) is 9.33. The number of hydrogen-bond donors (Lipinski definition) is 0. The first-order chi connectivity index (χ1) is 13.3. The molecule has 0 bridgehead atoms. The Morgan fingerprint density at radius 3 is 2.67 bits per heavy atom. The van der Waals surface area contributed by atoms with Gasteiger partial charge in [-0.25, -0.2) is 9.67 Å². The van der Waals surface area contributed by atoms with Gasteiger partial charge in [-0.15, -0.1) is 0 Å². The van der Waals surface area contributed by atoms with Crippen LogP contribution in [0.5, 0.6) is 0 Å². The van der Waals surface area contributed by atoms with E-state index in [1.54, 1.807) is 29.2 Å². The average molecular weight is 380 g/mol. The normalized spacial score (nSPS) is 17.6. The Kier molecular flexibility index (Phi) is 4.20. The molecule has 8 heteroatoms. The number of anilines is 1. The van der Waals surface area contributed by atoms with Gasteiger partial charge in [0.25, 0.3) is 5.56 Å². The van der Waals surface area contributed by atoms with Gasteiger partial charge in [-0.05, 0) is 31.0 Å². The summed E-state index contributed by atoms with van der Waals surface area (Å²) < 4.78 is 6.11. The lowest BCUT2D eigenvalue weighted by molar-refractivity contribution is 0.334. The summed E-state index contributed by atoms with van der Waals surface area (Å²) in [5.41, 5.74) is 1.70. The van der Waals surface area contributed by atoms with Crippen LogP contribution < -0.4 is 10.5 Å². The minimum Gasteiger partial charge on any atom is -0.346 e. The summed E-state index contributed by atoms with van der Waals surface area (Å²) in [6.07, 6.45) is 7.21. The zero-order chi connectivity index (χ0) is 18.2. The van der Waals surface area contributed by atoms with Gasteiger partial charge in [0.15, 0.2) is 0 Å². The molecule has 4 heterocycles. The van der Waals surface area contributed by atoms with Gasteiger partial charge < -0.3 is 4.90 Å². The minimum atomic E-state index is -0.0607. The Balaban J connectivity index is 1.24. The molecule has 2 aliphatic rings. The predicted molar refractivity (Wildman–Crippen MR) is 104 cm³/mol. The first kappa shape index (κ1) is 16.6. The van der Waals surface area contributed by atoms with Crippen molar-refractivity contribution in [2.24, 2.45) is 5.92 Å². The molecular weight excluding hydrogens is 360 g/mol. The molecule has 5 rings (SSSR count). The van der Waals surface area contributed by atoms with Gasteiger partial charge in [0.2, 0.25) is 5.13 Å². The van der Waals surface area contributed by atoms with Crippen molar-refractivity contribution in [3.63, 3.8) is 0 Å². The zero-order valence-corrected chi connectivity index (χ0v) is 15.7. The Morgan fingerprint density at radius 2 is 1.93 bits per heavy atom. The van der Waals surface area contributed by atoms with Crippen LogP contribution in [0.2, 0.25) is 0 Å². The maximum Gasteiger partial charge on any atom is 0.266 e. The van der Waals surface area contributed by atoms with Crippen LogP contribution in [0.25, 0.3) is 11.3 Å². The second kappa shape index (κ2) is 6.84. The molecule has 27 heavy (non-hydrogen) atoms. The molecule has 0 N–H and O–H groups in total. The fourth-order valence-corrected chi connectivity index (χ4v) is 4.29.